The van der Waals surface area contributed by atoms with Gasteiger partial charge in [0.05, 0.1) is 17.4 Å². The van der Waals surface area contributed by atoms with Crippen LogP contribution >= 0.6 is 0 Å². The molecule has 10 heteroatoms. The Hall–Kier alpha value is -3.50. The van der Waals surface area contributed by atoms with Crippen LogP contribution in [-0.2, 0) is 20.5 Å². The van der Waals surface area contributed by atoms with Crippen LogP contribution in [-0.4, -0.2) is 49.0 Å². The zero-order valence-corrected chi connectivity index (χ0v) is 21.1. The van der Waals surface area contributed by atoms with Crippen LogP contribution in [0.4, 0.5) is 10.1 Å². The van der Waals surface area contributed by atoms with E-state index in [4.69, 9.17) is 4.74 Å². The molecule has 1 fully saturated rings. The Bertz CT molecular complexity index is 1530. The fourth-order valence-electron chi connectivity index (χ4n) is 5.00. The summed E-state index contributed by atoms with van der Waals surface area (Å²) in [7, 11) is -3.27. The molecular weight excluding hydrogens is 481 g/mol. The summed E-state index contributed by atoms with van der Waals surface area (Å²) in [5.41, 5.74) is 9.43. The molecule has 0 unspecified atom stereocenters. The molecule has 1 aliphatic heterocycles. The summed E-state index contributed by atoms with van der Waals surface area (Å²) >= 11 is 0. The van der Waals surface area contributed by atoms with Crippen molar-refractivity contribution >= 4 is 33.1 Å². The molecule has 5 rings (SSSR count). The lowest BCUT2D eigenvalue weighted by atomic mass is 9.90. The summed E-state index contributed by atoms with van der Waals surface area (Å²) in [4.78, 5) is 0. The maximum Gasteiger partial charge on any atom is 0.167 e. The molecule has 188 valence electrons. The Labute approximate surface area is 209 Å². The van der Waals surface area contributed by atoms with E-state index in [0.717, 1.165) is 57.5 Å². The lowest BCUT2D eigenvalue weighted by Crippen LogP contribution is -2.17. The number of hydrogen-bond donors (Lipinski definition) is 1. The maximum atomic E-state index is 13.9. The molecule has 0 radical (unpaired) electrons. The number of nitrogens with one attached hydrogen (secondary N) is 1. The SMILES string of the molecule is C=NNc1cc2c(-c3cnn(CS(C)(=O)=O)c3)c(C3CCOCC3)n(-c3ccc(F)cc3)c2cc1C. The van der Waals surface area contributed by atoms with Crippen molar-refractivity contribution in [2.45, 2.75) is 31.6 Å². The second-order valence-electron chi connectivity index (χ2n) is 9.24. The molecule has 0 amide bonds. The highest BCUT2D eigenvalue weighted by Gasteiger charge is 2.29. The smallest absolute Gasteiger partial charge is 0.167 e. The lowest BCUT2D eigenvalue weighted by Gasteiger charge is -2.25. The van der Waals surface area contributed by atoms with Crippen molar-refractivity contribution < 1.29 is 17.5 Å². The van der Waals surface area contributed by atoms with Gasteiger partial charge in [-0.3, -0.25) is 10.1 Å². The van der Waals surface area contributed by atoms with E-state index < -0.39 is 9.84 Å². The van der Waals surface area contributed by atoms with Crippen molar-refractivity contribution in [1.29, 1.82) is 0 Å². The number of aromatic nitrogens is 3. The zero-order chi connectivity index (χ0) is 25.4. The summed E-state index contributed by atoms with van der Waals surface area (Å²) in [6.45, 7) is 6.85. The Balaban J connectivity index is 1.84. The first kappa shape index (κ1) is 24.2. The van der Waals surface area contributed by atoms with E-state index in [1.807, 2.05) is 13.0 Å². The number of aryl methyl sites for hydroxylation is 1. The monoisotopic (exact) mass is 509 g/mol. The molecule has 0 atom stereocenters. The number of nitrogens with zero attached hydrogens (tertiary/aromatic N) is 4. The predicted octanol–water partition coefficient (Wildman–Crippen LogP) is 4.87. The minimum Gasteiger partial charge on any atom is -0.381 e. The summed E-state index contributed by atoms with van der Waals surface area (Å²) in [5, 5.41) is 9.16. The molecule has 0 saturated carbocycles. The highest BCUT2D eigenvalue weighted by Crippen LogP contribution is 2.44. The van der Waals surface area contributed by atoms with Gasteiger partial charge in [-0.05, 0) is 61.7 Å². The van der Waals surface area contributed by atoms with E-state index >= 15 is 0 Å². The van der Waals surface area contributed by atoms with E-state index in [9.17, 15) is 12.8 Å². The number of fused-ring (bicyclic) bond motifs is 1. The van der Waals surface area contributed by atoms with Gasteiger partial charge in [0.25, 0.3) is 0 Å². The molecule has 0 aliphatic carbocycles. The number of ether oxygens (including phenoxy) is 1. The lowest BCUT2D eigenvalue weighted by molar-refractivity contribution is 0.0843. The first-order valence-electron chi connectivity index (χ1n) is 11.7. The van der Waals surface area contributed by atoms with Crippen molar-refractivity contribution in [3.05, 3.63) is 65.9 Å². The molecule has 36 heavy (non-hydrogen) atoms. The fourth-order valence-corrected chi connectivity index (χ4v) is 5.62. The van der Waals surface area contributed by atoms with Crippen molar-refractivity contribution in [3.8, 4) is 16.8 Å². The van der Waals surface area contributed by atoms with Crippen LogP contribution in [0, 0.1) is 12.7 Å². The van der Waals surface area contributed by atoms with Gasteiger partial charge in [-0.1, -0.05) is 0 Å². The van der Waals surface area contributed by atoms with E-state index in [2.05, 4.69) is 33.0 Å². The second-order valence-corrected chi connectivity index (χ2v) is 11.3. The Morgan fingerprint density at radius 3 is 2.61 bits per heavy atom. The van der Waals surface area contributed by atoms with E-state index in [-0.39, 0.29) is 17.6 Å². The van der Waals surface area contributed by atoms with Crippen molar-refractivity contribution in [3.63, 3.8) is 0 Å². The highest BCUT2D eigenvalue weighted by atomic mass is 32.2. The fraction of sp³-hybridized carbons (Fsp3) is 0.308. The summed E-state index contributed by atoms with van der Waals surface area (Å²) in [6.07, 6.45) is 6.33. The van der Waals surface area contributed by atoms with Crippen LogP contribution in [0.5, 0.6) is 0 Å². The van der Waals surface area contributed by atoms with Gasteiger partial charge in [0.1, 0.15) is 11.7 Å². The molecule has 2 aromatic carbocycles. The Morgan fingerprint density at radius 2 is 1.94 bits per heavy atom. The van der Waals surface area contributed by atoms with Crippen LogP contribution in [0.3, 0.4) is 0 Å². The average molecular weight is 510 g/mol. The molecule has 1 N–H and O–H groups in total. The van der Waals surface area contributed by atoms with Crippen molar-refractivity contribution in [2.24, 2.45) is 5.10 Å². The molecule has 1 aliphatic rings. The van der Waals surface area contributed by atoms with Crippen LogP contribution in [0.15, 0.2) is 53.9 Å². The van der Waals surface area contributed by atoms with Crippen molar-refractivity contribution in [2.75, 3.05) is 24.9 Å². The van der Waals surface area contributed by atoms with E-state index in [0.29, 0.717) is 13.2 Å². The quantitative estimate of drug-likeness (QED) is 0.284. The maximum absolute atomic E-state index is 13.9. The van der Waals surface area contributed by atoms with Crippen LogP contribution in [0.1, 0.15) is 30.0 Å². The first-order chi connectivity index (χ1) is 17.2. The number of anilines is 1. The summed E-state index contributed by atoms with van der Waals surface area (Å²) < 4.78 is 47.0. The van der Waals surface area contributed by atoms with Crippen LogP contribution in [0.2, 0.25) is 0 Å². The standard InChI is InChI=1S/C26H28FN5O3S/c1-17-12-24-22(13-23(17)30-28-2)25(19-14-29-31(15-19)16-36(3,33)34)26(18-8-10-35-11-9-18)32(24)21-6-4-20(27)5-7-21/h4-7,12-15,18,30H,2,8-11,16H2,1,3H3. The highest BCUT2D eigenvalue weighted by molar-refractivity contribution is 7.89. The van der Waals surface area contributed by atoms with Gasteiger partial charge in [-0.25, -0.2) is 12.8 Å². The number of hydrazone groups is 1. The molecule has 0 spiro atoms. The molecule has 4 aromatic rings. The third-order valence-corrected chi connectivity index (χ3v) is 7.26. The van der Waals surface area contributed by atoms with Crippen LogP contribution in [0.25, 0.3) is 27.7 Å². The first-order valence-corrected chi connectivity index (χ1v) is 13.8. The normalized spacial score (nSPS) is 14.9. The average Bonchev–Trinajstić information content (AvgIpc) is 3.41. The Morgan fingerprint density at radius 1 is 1.22 bits per heavy atom. The summed E-state index contributed by atoms with van der Waals surface area (Å²) in [6, 6.07) is 10.6. The number of sulfone groups is 1. The van der Waals surface area contributed by atoms with Gasteiger partial charge in [-0.15, -0.1) is 0 Å². The topological polar surface area (TPSA) is 90.5 Å². The van der Waals surface area contributed by atoms with Gasteiger partial charge in [0.15, 0.2) is 9.84 Å². The van der Waals surface area contributed by atoms with E-state index in [1.54, 1.807) is 24.5 Å². The largest absolute Gasteiger partial charge is 0.381 e. The molecule has 1 saturated heterocycles. The molecule has 3 heterocycles. The van der Waals surface area contributed by atoms with Gasteiger partial charge in [0.2, 0.25) is 0 Å². The third-order valence-electron chi connectivity index (χ3n) is 6.53. The minimum absolute atomic E-state index is 0.179. The number of rotatable bonds is 7. The van der Waals surface area contributed by atoms with E-state index in [1.165, 1.54) is 23.1 Å². The minimum atomic E-state index is -3.27. The van der Waals surface area contributed by atoms with Gasteiger partial charge in [-0.2, -0.15) is 10.2 Å². The number of halogens is 1. The van der Waals surface area contributed by atoms with Crippen LogP contribution < -0.4 is 5.43 Å². The molecule has 0 bridgehead atoms. The molecular formula is C26H28FN5O3S. The van der Waals surface area contributed by atoms with Gasteiger partial charge in [0, 0.05) is 66.2 Å². The van der Waals surface area contributed by atoms with Gasteiger partial charge >= 0.3 is 0 Å². The molecule has 2 aromatic heterocycles. The summed E-state index contributed by atoms with van der Waals surface area (Å²) in [5.74, 6) is -0.328. The second kappa shape index (κ2) is 9.51. The number of hydrogen-bond acceptors (Lipinski definition) is 6. The van der Waals surface area contributed by atoms with Gasteiger partial charge < -0.3 is 9.30 Å². The van der Waals surface area contributed by atoms with Crippen molar-refractivity contribution in [1.82, 2.24) is 14.3 Å². The predicted molar refractivity (Wildman–Crippen MR) is 140 cm³/mol. The third kappa shape index (κ3) is 4.66. The molecule has 8 nitrogen and oxygen atoms in total. The Kier molecular flexibility index (Phi) is 6.40. The number of benzene rings is 2. The zero-order valence-electron chi connectivity index (χ0n) is 20.2.